The summed E-state index contributed by atoms with van der Waals surface area (Å²) in [6, 6.07) is 0. The predicted molar refractivity (Wildman–Crippen MR) is 61.7 cm³/mol. The lowest BCUT2D eigenvalue weighted by Crippen LogP contribution is -2.60. The summed E-state index contributed by atoms with van der Waals surface area (Å²) in [5.41, 5.74) is 4.91. The maximum atomic E-state index is 12.1. The lowest BCUT2D eigenvalue weighted by molar-refractivity contribution is -0.129. The zero-order valence-electron chi connectivity index (χ0n) is 9.96. The second-order valence-electron chi connectivity index (χ2n) is 5.66. The molecule has 0 aromatic heterocycles. The van der Waals surface area contributed by atoms with Gasteiger partial charge in [-0.05, 0) is 38.5 Å². The lowest BCUT2D eigenvalue weighted by Gasteiger charge is -2.33. The Morgan fingerprint density at radius 2 is 2.06 bits per heavy atom. The minimum atomic E-state index is -0.759. The summed E-state index contributed by atoms with van der Waals surface area (Å²) in [5, 5.41) is 12.4. The Bertz CT molecular complexity index is 279. The Morgan fingerprint density at radius 3 is 2.50 bits per heavy atom. The van der Waals surface area contributed by atoms with E-state index in [0.29, 0.717) is 5.92 Å². The second-order valence-corrected chi connectivity index (χ2v) is 5.66. The molecular formula is C12H22N2O2. The average molecular weight is 226 g/mol. The SMILES string of the molecule is CC(N)(C(=O)NC1(CO)CCCC1)C1CC1. The van der Waals surface area contributed by atoms with Crippen molar-refractivity contribution in [3.8, 4) is 0 Å². The van der Waals surface area contributed by atoms with E-state index in [1.165, 1.54) is 0 Å². The van der Waals surface area contributed by atoms with Crippen molar-refractivity contribution in [2.75, 3.05) is 6.61 Å². The summed E-state index contributed by atoms with van der Waals surface area (Å²) in [6.45, 7) is 1.83. The smallest absolute Gasteiger partial charge is 0.240 e. The number of carbonyl (C=O) groups is 1. The van der Waals surface area contributed by atoms with Crippen molar-refractivity contribution in [2.24, 2.45) is 11.7 Å². The first-order chi connectivity index (χ1) is 7.50. The third-order valence-corrected chi connectivity index (χ3v) is 4.16. The van der Waals surface area contributed by atoms with Gasteiger partial charge < -0.3 is 16.2 Å². The normalized spacial score (nSPS) is 27.4. The Balaban J connectivity index is 2.00. The molecule has 4 heteroatoms. The number of amides is 1. The second kappa shape index (κ2) is 4.00. The topological polar surface area (TPSA) is 75.4 Å². The van der Waals surface area contributed by atoms with Crippen LogP contribution in [0.25, 0.3) is 0 Å². The number of aliphatic hydroxyl groups excluding tert-OH is 1. The zero-order chi connectivity index (χ0) is 11.8. The number of nitrogens with one attached hydrogen (secondary N) is 1. The molecule has 1 unspecified atom stereocenters. The van der Waals surface area contributed by atoms with Crippen molar-refractivity contribution in [2.45, 2.75) is 56.5 Å². The molecule has 2 aliphatic rings. The van der Waals surface area contributed by atoms with Gasteiger partial charge in [0.05, 0.1) is 17.7 Å². The van der Waals surface area contributed by atoms with E-state index in [0.717, 1.165) is 38.5 Å². The molecule has 4 nitrogen and oxygen atoms in total. The van der Waals surface area contributed by atoms with Crippen LogP contribution >= 0.6 is 0 Å². The van der Waals surface area contributed by atoms with E-state index >= 15 is 0 Å². The number of rotatable bonds is 4. The van der Waals surface area contributed by atoms with Gasteiger partial charge in [0, 0.05) is 0 Å². The third-order valence-electron chi connectivity index (χ3n) is 4.16. The quantitative estimate of drug-likeness (QED) is 0.654. The van der Waals surface area contributed by atoms with Crippen molar-refractivity contribution in [1.29, 1.82) is 0 Å². The predicted octanol–water partition coefficient (Wildman–Crippen LogP) is 0.535. The van der Waals surface area contributed by atoms with E-state index < -0.39 is 11.1 Å². The first-order valence-electron chi connectivity index (χ1n) is 6.22. The summed E-state index contributed by atoms with van der Waals surface area (Å²) in [6.07, 6.45) is 5.99. The Morgan fingerprint density at radius 1 is 1.50 bits per heavy atom. The van der Waals surface area contributed by atoms with Crippen LogP contribution in [0.15, 0.2) is 0 Å². The minimum absolute atomic E-state index is 0.0273. The van der Waals surface area contributed by atoms with Crippen molar-refractivity contribution in [3.63, 3.8) is 0 Å². The van der Waals surface area contributed by atoms with Crippen molar-refractivity contribution in [1.82, 2.24) is 5.32 Å². The summed E-state index contributed by atoms with van der Waals surface area (Å²) in [5.74, 6) is 0.232. The highest BCUT2D eigenvalue weighted by Gasteiger charge is 2.46. The van der Waals surface area contributed by atoms with Gasteiger partial charge in [0.2, 0.25) is 5.91 Å². The van der Waals surface area contributed by atoms with Crippen LogP contribution in [-0.2, 0) is 4.79 Å². The van der Waals surface area contributed by atoms with Crippen LogP contribution in [0.3, 0.4) is 0 Å². The van der Waals surface area contributed by atoms with E-state index in [4.69, 9.17) is 5.73 Å². The van der Waals surface area contributed by atoms with Crippen molar-refractivity contribution < 1.29 is 9.90 Å². The van der Waals surface area contributed by atoms with Gasteiger partial charge in [0.1, 0.15) is 0 Å². The van der Waals surface area contributed by atoms with E-state index in [9.17, 15) is 9.90 Å². The molecule has 0 spiro atoms. The van der Waals surface area contributed by atoms with E-state index in [-0.39, 0.29) is 12.5 Å². The van der Waals surface area contributed by atoms with Gasteiger partial charge in [0.25, 0.3) is 0 Å². The van der Waals surface area contributed by atoms with Crippen LogP contribution in [0.5, 0.6) is 0 Å². The van der Waals surface area contributed by atoms with Crippen LogP contribution in [0.2, 0.25) is 0 Å². The van der Waals surface area contributed by atoms with E-state index in [1.54, 1.807) is 6.92 Å². The fraction of sp³-hybridized carbons (Fsp3) is 0.917. The van der Waals surface area contributed by atoms with Crippen LogP contribution in [0.1, 0.15) is 45.4 Å². The maximum Gasteiger partial charge on any atom is 0.240 e. The summed E-state index contributed by atoms with van der Waals surface area (Å²) in [7, 11) is 0. The molecule has 0 aromatic rings. The number of carbonyl (C=O) groups excluding carboxylic acids is 1. The molecule has 1 atom stereocenters. The molecule has 2 fully saturated rings. The molecule has 16 heavy (non-hydrogen) atoms. The van der Waals surface area contributed by atoms with Gasteiger partial charge in [0.15, 0.2) is 0 Å². The van der Waals surface area contributed by atoms with Crippen LogP contribution in [0.4, 0.5) is 0 Å². The van der Waals surface area contributed by atoms with Crippen molar-refractivity contribution >= 4 is 5.91 Å². The Kier molecular flexibility index (Phi) is 2.97. The Labute approximate surface area is 96.6 Å². The van der Waals surface area contributed by atoms with Crippen LogP contribution in [0, 0.1) is 5.92 Å². The molecule has 4 N–H and O–H groups in total. The molecule has 2 saturated carbocycles. The highest BCUT2D eigenvalue weighted by molar-refractivity contribution is 5.87. The molecule has 0 radical (unpaired) electrons. The van der Waals surface area contributed by atoms with Crippen molar-refractivity contribution in [3.05, 3.63) is 0 Å². The molecule has 0 heterocycles. The largest absolute Gasteiger partial charge is 0.394 e. The fourth-order valence-corrected chi connectivity index (χ4v) is 2.62. The number of hydrogen-bond acceptors (Lipinski definition) is 3. The molecule has 0 bridgehead atoms. The van der Waals surface area contributed by atoms with Gasteiger partial charge in [-0.1, -0.05) is 12.8 Å². The van der Waals surface area contributed by atoms with Gasteiger partial charge in [-0.3, -0.25) is 4.79 Å². The number of nitrogens with two attached hydrogens (primary N) is 1. The van der Waals surface area contributed by atoms with Gasteiger partial charge in [-0.25, -0.2) is 0 Å². The molecule has 0 aromatic carbocycles. The summed E-state index contributed by atoms with van der Waals surface area (Å²) < 4.78 is 0. The monoisotopic (exact) mass is 226 g/mol. The summed E-state index contributed by atoms with van der Waals surface area (Å²) >= 11 is 0. The number of hydrogen-bond donors (Lipinski definition) is 3. The van der Waals surface area contributed by atoms with E-state index in [1.807, 2.05) is 0 Å². The first-order valence-corrected chi connectivity index (χ1v) is 6.22. The standard InChI is InChI=1S/C12H22N2O2/c1-11(13,9-4-5-9)10(16)14-12(8-15)6-2-3-7-12/h9,15H,2-8,13H2,1H3,(H,14,16). The van der Waals surface area contributed by atoms with Gasteiger partial charge in [-0.2, -0.15) is 0 Å². The molecule has 92 valence electrons. The molecule has 0 aliphatic heterocycles. The minimum Gasteiger partial charge on any atom is -0.394 e. The molecule has 0 saturated heterocycles. The first kappa shape index (κ1) is 11.9. The van der Waals surface area contributed by atoms with E-state index in [2.05, 4.69) is 5.32 Å². The number of aliphatic hydroxyl groups is 1. The fourth-order valence-electron chi connectivity index (χ4n) is 2.62. The highest BCUT2D eigenvalue weighted by Crippen LogP contribution is 2.39. The molecular weight excluding hydrogens is 204 g/mol. The van der Waals surface area contributed by atoms with Crippen LogP contribution in [-0.4, -0.2) is 28.7 Å². The van der Waals surface area contributed by atoms with Gasteiger partial charge >= 0.3 is 0 Å². The third kappa shape index (κ3) is 2.09. The zero-order valence-corrected chi connectivity index (χ0v) is 9.96. The summed E-state index contributed by atoms with van der Waals surface area (Å²) in [4.78, 5) is 12.1. The Hall–Kier alpha value is -0.610. The molecule has 2 aliphatic carbocycles. The molecule has 1 amide bonds. The average Bonchev–Trinajstić information content (AvgIpc) is 3.01. The van der Waals surface area contributed by atoms with Gasteiger partial charge in [-0.15, -0.1) is 0 Å². The molecule has 2 rings (SSSR count). The van der Waals surface area contributed by atoms with Crippen LogP contribution < -0.4 is 11.1 Å². The maximum absolute atomic E-state index is 12.1. The lowest BCUT2D eigenvalue weighted by atomic mass is 9.92. The highest BCUT2D eigenvalue weighted by atomic mass is 16.3.